The Balaban J connectivity index is 3.21. The van der Waals surface area contributed by atoms with Gasteiger partial charge in [0, 0.05) is 20.8 Å². The van der Waals surface area contributed by atoms with E-state index < -0.39 is 0 Å². The lowest BCUT2D eigenvalue weighted by Gasteiger charge is -1.90. The van der Waals surface area contributed by atoms with Crippen molar-refractivity contribution in [2.24, 2.45) is 7.05 Å². The van der Waals surface area contributed by atoms with Crippen LogP contribution in [-0.2, 0) is 7.05 Å². The van der Waals surface area contributed by atoms with Crippen molar-refractivity contribution < 1.29 is 4.57 Å². The van der Waals surface area contributed by atoms with Crippen molar-refractivity contribution in [3.8, 4) is 0 Å². The van der Waals surface area contributed by atoms with Gasteiger partial charge in [-0.25, -0.2) is 9.13 Å². The highest BCUT2D eigenvalue weighted by Gasteiger charge is 2.16. The first-order chi connectivity index (χ1) is 6.09. The molecule has 0 spiro atoms. The third kappa shape index (κ3) is 1.67. The normalized spacial score (nSPS) is 11.5. The Labute approximate surface area is 80.5 Å². The summed E-state index contributed by atoms with van der Waals surface area (Å²) >= 11 is 0. The monoisotopic (exact) mass is 179 g/mol. The summed E-state index contributed by atoms with van der Waals surface area (Å²) in [5.41, 5.74) is 2.66. The molecule has 1 aromatic heterocycles. The van der Waals surface area contributed by atoms with E-state index in [0.29, 0.717) is 0 Å². The average molecular weight is 179 g/mol. The molecule has 0 saturated carbocycles. The number of allylic oxidation sites excluding steroid dienone is 1. The van der Waals surface area contributed by atoms with Crippen molar-refractivity contribution >= 4 is 6.20 Å². The minimum atomic E-state index is 1.08. The first-order valence-electron chi connectivity index (χ1n) is 4.80. The lowest BCUT2D eigenvalue weighted by Crippen LogP contribution is -2.32. The van der Waals surface area contributed by atoms with Crippen molar-refractivity contribution in [1.29, 1.82) is 0 Å². The summed E-state index contributed by atoms with van der Waals surface area (Å²) in [5, 5.41) is 0. The molecule has 0 amide bonds. The van der Waals surface area contributed by atoms with Gasteiger partial charge in [0.25, 0.3) is 5.82 Å². The van der Waals surface area contributed by atoms with Gasteiger partial charge < -0.3 is 0 Å². The van der Waals surface area contributed by atoms with Gasteiger partial charge in [0.2, 0.25) is 0 Å². The Morgan fingerprint density at radius 1 is 1.31 bits per heavy atom. The van der Waals surface area contributed by atoms with Crippen LogP contribution in [0.15, 0.2) is 6.08 Å². The highest BCUT2D eigenvalue weighted by molar-refractivity contribution is 5.28. The number of aromatic nitrogens is 2. The first kappa shape index (κ1) is 10.0. The second kappa shape index (κ2) is 3.77. The fraction of sp³-hybridized carbons (Fsp3) is 0.545. The molecule has 13 heavy (non-hydrogen) atoms. The van der Waals surface area contributed by atoms with Crippen LogP contribution in [0.25, 0.3) is 6.20 Å². The van der Waals surface area contributed by atoms with Gasteiger partial charge in [-0.2, -0.15) is 0 Å². The van der Waals surface area contributed by atoms with Gasteiger partial charge >= 0.3 is 0 Å². The van der Waals surface area contributed by atoms with Crippen LogP contribution in [0, 0.1) is 20.8 Å². The van der Waals surface area contributed by atoms with Crippen LogP contribution in [0.4, 0.5) is 0 Å². The van der Waals surface area contributed by atoms with E-state index in [9.17, 15) is 0 Å². The number of hydrogen-bond donors (Lipinski definition) is 0. The minimum Gasteiger partial charge on any atom is -0.234 e. The molecular weight excluding hydrogens is 160 g/mol. The van der Waals surface area contributed by atoms with Gasteiger partial charge in [0.05, 0.1) is 13.2 Å². The van der Waals surface area contributed by atoms with Crippen LogP contribution in [0.3, 0.4) is 0 Å². The molecule has 0 unspecified atom stereocenters. The summed E-state index contributed by atoms with van der Waals surface area (Å²) in [5.74, 6) is 1.28. The number of hydrogen-bond acceptors (Lipinski definition) is 0. The number of imidazole rings is 1. The maximum Gasteiger partial charge on any atom is 0.258 e. The van der Waals surface area contributed by atoms with Crippen LogP contribution in [0.1, 0.15) is 30.6 Å². The Morgan fingerprint density at radius 3 is 2.31 bits per heavy atom. The van der Waals surface area contributed by atoms with E-state index in [2.05, 4.69) is 56.2 Å². The summed E-state index contributed by atoms with van der Waals surface area (Å²) in [6.45, 7) is 8.60. The molecule has 1 rings (SSSR count). The van der Waals surface area contributed by atoms with Crippen molar-refractivity contribution in [1.82, 2.24) is 4.57 Å². The quantitative estimate of drug-likeness (QED) is 0.615. The predicted octanol–water partition coefficient (Wildman–Crippen LogP) is 2.12. The number of nitrogens with zero attached hydrogens (tertiary/aromatic N) is 2. The second-order valence-corrected chi connectivity index (χ2v) is 3.44. The Morgan fingerprint density at radius 2 is 1.92 bits per heavy atom. The molecule has 1 heterocycles. The fourth-order valence-electron chi connectivity index (χ4n) is 1.49. The molecule has 0 saturated heterocycles. The van der Waals surface area contributed by atoms with E-state index in [1.54, 1.807) is 0 Å². The van der Waals surface area contributed by atoms with Crippen LogP contribution >= 0.6 is 0 Å². The Kier molecular flexibility index (Phi) is 2.91. The molecule has 0 aliphatic rings. The number of rotatable bonds is 2. The average Bonchev–Trinajstić information content (AvgIpc) is 2.30. The van der Waals surface area contributed by atoms with Crippen molar-refractivity contribution in [3.05, 3.63) is 23.3 Å². The van der Waals surface area contributed by atoms with E-state index in [1.165, 1.54) is 17.2 Å². The smallest absolute Gasteiger partial charge is 0.234 e. The lowest BCUT2D eigenvalue weighted by atomic mass is 10.4. The zero-order valence-electron chi connectivity index (χ0n) is 9.26. The summed E-state index contributed by atoms with van der Waals surface area (Å²) in [6.07, 6.45) is 5.41. The molecule has 0 N–H and O–H groups in total. The van der Waals surface area contributed by atoms with Crippen molar-refractivity contribution in [2.75, 3.05) is 0 Å². The highest BCUT2D eigenvalue weighted by atomic mass is 15.1. The van der Waals surface area contributed by atoms with Gasteiger partial charge in [0.1, 0.15) is 11.4 Å². The topological polar surface area (TPSA) is 8.81 Å². The largest absolute Gasteiger partial charge is 0.258 e. The van der Waals surface area contributed by atoms with Gasteiger partial charge in [-0.15, -0.1) is 0 Å². The molecule has 0 aliphatic carbocycles. The Hall–Kier alpha value is -1.05. The molecule has 0 bridgehead atoms. The molecule has 2 nitrogen and oxygen atoms in total. The predicted molar refractivity (Wildman–Crippen MR) is 55.4 cm³/mol. The van der Waals surface area contributed by atoms with E-state index in [4.69, 9.17) is 0 Å². The summed E-state index contributed by atoms with van der Waals surface area (Å²) in [4.78, 5) is 0. The van der Waals surface area contributed by atoms with Gasteiger partial charge in [-0.3, -0.25) is 0 Å². The van der Waals surface area contributed by atoms with E-state index in [1.807, 2.05) is 0 Å². The second-order valence-electron chi connectivity index (χ2n) is 3.44. The van der Waals surface area contributed by atoms with Gasteiger partial charge in [0.15, 0.2) is 0 Å². The molecule has 1 aromatic rings. The molecule has 0 radical (unpaired) electrons. The summed E-state index contributed by atoms with van der Waals surface area (Å²) in [6, 6.07) is 0. The fourth-order valence-corrected chi connectivity index (χ4v) is 1.49. The van der Waals surface area contributed by atoms with Crippen molar-refractivity contribution in [2.45, 2.75) is 34.1 Å². The summed E-state index contributed by atoms with van der Waals surface area (Å²) in [7, 11) is 2.11. The van der Waals surface area contributed by atoms with Crippen LogP contribution in [-0.4, -0.2) is 4.57 Å². The van der Waals surface area contributed by atoms with E-state index in [0.717, 1.165) is 6.42 Å². The highest BCUT2D eigenvalue weighted by Crippen LogP contribution is 2.07. The Bertz CT molecular complexity index is 307. The van der Waals surface area contributed by atoms with E-state index >= 15 is 0 Å². The molecule has 72 valence electrons. The SMILES string of the molecule is CCC=Cn1c(C)c(C)[n+](C)c1C. The van der Waals surface area contributed by atoms with Gasteiger partial charge in [-0.05, 0) is 12.5 Å². The molecular formula is C11H19N2+. The molecule has 0 aliphatic heterocycles. The van der Waals surface area contributed by atoms with Crippen LogP contribution < -0.4 is 4.57 Å². The van der Waals surface area contributed by atoms with Crippen LogP contribution in [0.2, 0.25) is 0 Å². The molecule has 0 atom stereocenters. The zero-order chi connectivity index (χ0) is 10.0. The zero-order valence-corrected chi connectivity index (χ0v) is 9.26. The maximum atomic E-state index is 2.23. The van der Waals surface area contributed by atoms with Gasteiger partial charge in [-0.1, -0.05) is 6.92 Å². The first-order valence-corrected chi connectivity index (χ1v) is 4.80. The third-order valence-corrected chi connectivity index (χ3v) is 2.71. The molecule has 2 heteroatoms. The summed E-state index contributed by atoms with van der Waals surface area (Å²) < 4.78 is 4.45. The third-order valence-electron chi connectivity index (χ3n) is 2.71. The lowest BCUT2D eigenvalue weighted by molar-refractivity contribution is -0.682. The minimum absolute atomic E-state index is 1.08. The standard InChI is InChI=1S/C11H19N2/c1-6-7-8-13-10(3)9(2)12(5)11(13)4/h7-8H,6H2,1-5H3/q+1. The van der Waals surface area contributed by atoms with Crippen LogP contribution in [0.5, 0.6) is 0 Å². The van der Waals surface area contributed by atoms with Crippen molar-refractivity contribution in [3.63, 3.8) is 0 Å². The molecule has 0 aromatic carbocycles. The van der Waals surface area contributed by atoms with E-state index in [-0.39, 0.29) is 0 Å². The maximum absolute atomic E-state index is 2.23. The molecule has 0 fully saturated rings.